The monoisotopic (exact) mass is 315 g/mol. The van der Waals surface area contributed by atoms with E-state index in [1.165, 1.54) is 7.11 Å². The molecule has 0 atom stereocenters. The van der Waals surface area contributed by atoms with Crippen LogP contribution >= 0.6 is 0 Å². The first-order chi connectivity index (χ1) is 10.9. The van der Waals surface area contributed by atoms with Crippen LogP contribution in [0.5, 0.6) is 0 Å². The molecule has 1 saturated carbocycles. The first-order valence-corrected chi connectivity index (χ1v) is 7.69. The Morgan fingerprint density at radius 1 is 1.35 bits per heavy atom. The number of rotatable bonds is 4. The van der Waals surface area contributed by atoms with Crippen molar-refractivity contribution in [1.82, 2.24) is 15.2 Å². The van der Waals surface area contributed by atoms with Crippen molar-refractivity contribution in [2.45, 2.75) is 38.7 Å². The zero-order valence-corrected chi connectivity index (χ0v) is 13.6. The molecule has 122 valence electrons. The number of pyridine rings is 1. The molecule has 6 heteroatoms. The Morgan fingerprint density at radius 2 is 2.09 bits per heavy atom. The molecule has 1 aliphatic rings. The van der Waals surface area contributed by atoms with Crippen LogP contribution in [0.15, 0.2) is 18.2 Å². The van der Waals surface area contributed by atoms with Crippen LogP contribution in [0.3, 0.4) is 0 Å². The van der Waals surface area contributed by atoms with Gasteiger partial charge in [0, 0.05) is 17.8 Å². The van der Waals surface area contributed by atoms with Gasteiger partial charge in [0.05, 0.1) is 24.4 Å². The number of nitrogens with one attached hydrogen (secondary N) is 1. The molecule has 0 unspecified atom stereocenters. The highest BCUT2D eigenvalue weighted by Crippen LogP contribution is 2.45. The molecular formula is C17H21N3O3. The van der Waals surface area contributed by atoms with Crippen molar-refractivity contribution >= 4 is 5.97 Å². The molecule has 2 aromatic rings. The van der Waals surface area contributed by atoms with Crippen LogP contribution in [-0.2, 0) is 21.6 Å². The molecule has 3 rings (SSSR count). The molecule has 0 aliphatic heterocycles. The normalized spacial score (nSPS) is 23.4. The van der Waals surface area contributed by atoms with Crippen LogP contribution in [0.1, 0.15) is 41.2 Å². The molecule has 23 heavy (non-hydrogen) atoms. The molecule has 2 N–H and O–H groups in total. The highest BCUT2D eigenvalue weighted by atomic mass is 16.5. The fourth-order valence-electron chi connectivity index (χ4n) is 3.12. The van der Waals surface area contributed by atoms with E-state index in [0.717, 1.165) is 22.6 Å². The molecule has 0 aromatic carbocycles. The third-order valence-electron chi connectivity index (χ3n) is 4.32. The SMILES string of the molecule is COC(=O)C1CC(O)(c2cc(C)cc(Cc3cc(C)[nH]n3)n2)C1. The van der Waals surface area contributed by atoms with E-state index in [1.807, 2.05) is 32.0 Å². The van der Waals surface area contributed by atoms with Gasteiger partial charge in [-0.15, -0.1) is 0 Å². The number of H-pyrrole nitrogens is 1. The van der Waals surface area contributed by atoms with Crippen LogP contribution in [0.2, 0.25) is 0 Å². The van der Waals surface area contributed by atoms with Gasteiger partial charge in [-0.3, -0.25) is 14.9 Å². The van der Waals surface area contributed by atoms with E-state index in [9.17, 15) is 9.90 Å². The Hall–Kier alpha value is -2.21. The van der Waals surface area contributed by atoms with E-state index < -0.39 is 5.60 Å². The Kier molecular flexibility index (Phi) is 3.93. The van der Waals surface area contributed by atoms with E-state index in [4.69, 9.17) is 4.74 Å². The zero-order valence-electron chi connectivity index (χ0n) is 13.6. The van der Waals surface area contributed by atoms with Crippen molar-refractivity contribution in [1.29, 1.82) is 0 Å². The average Bonchev–Trinajstić information content (AvgIpc) is 2.87. The minimum Gasteiger partial charge on any atom is -0.469 e. The minimum atomic E-state index is -1.04. The van der Waals surface area contributed by atoms with Gasteiger partial charge in [-0.2, -0.15) is 5.10 Å². The van der Waals surface area contributed by atoms with Gasteiger partial charge in [0.25, 0.3) is 0 Å². The number of nitrogens with zero attached hydrogens (tertiary/aromatic N) is 2. The van der Waals surface area contributed by atoms with Gasteiger partial charge < -0.3 is 9.84 Å². The zero-order chi connectivity index (χ0) is 16.6. The summed E-state index contributed by atoms with van der Waals surface area (Å²) in [7, 11) is 1.37. The third-order valence-corrected chi connectivity index (χ3v) is 4.32. The van der Waals surface area contributed by atoms with Gasteiger partial charge in [0.1, 0.15) is 5.60 Å². The van der Waals surface area contributed by atoms with Gasteiger partial charge in [-0.1, -0.05) is 0 Å². The molecule has 0 amide bonds. The topological polar surface area (TPSA) is 88.1 Å². The molecule has 2 aromatic heterocycles. The Morgan fingerprint density at radius 3 is 2.70 bits per heavy atom. The van der Waals surface area contributed by atoms with Gasteiger partial charge in [0.15, 0.2) is 0 Å². The van der Waals surface area contributed by atoms with Gasteiger partial charge in [-0.05, 0) is 50.5 Å². The van der Waals surface area contributed by atoms with Crippen molar-refractivity contribution in [3.63, 3.8) is 0 Å². The molecular weight excluding hydrogens is 294 g/mol. The number of ether oxygens (including phenoxy) is 1. The second-order valence-corrected chi connectivity index (χ2v) is 6.40. The first kappa shape index (κ1) is 15.7. The molecule has 6 nitrogen and oxygen atoms in total. The lowest BCUT2D eigenvalue weighted by Crippen LogP contribution is -2.45. The van der Waals surface area contributed by atoms with Crippen LogP contribution in [0, 0.1) is 19.8 Å². The van der Waals surface area contributed by atoms with Crippen molar-refractivity contribution in [3.05, 3.63) is 46.5 Å². The summed E-state index contributed by atoms with van der Waals surface area (Å²) in [5, 5.41) is 17.9. The number of aromatic amines is 1. The van der Waals surface area contributed by atoms with Crippen molar-refractivity contribution in [2.24, 2.45) is 5.92 Å². The van der Waals surface area contributed by atoms with Gasteiger partial charge >= 0.3 is 5.97 Å². The van der Waals surface area contributed by atoms with E-state index in [2.05, 4.69) is 15.2 Å². The second kappa shape index (κ2) is 5.77. The average molecular weight is 315 g/mol. The number of esters is 1. The summed E-state index contributed by atoms with van der Waals surface area (Å²) in [6.45, 7) is 3.93. The van der Waals surface area contributed by atoms with Gasteiger partial charge in [-0.25, -0.2) is 0 Å². The summed E-state index contributed by atoms with van der Waals surface area (Å²) in [5.41, 5.74) is 3.40. The lowest BCUT2D eigenvalue weighted by Gasteiger charge is -2.41. The lowest BCUT2D eigenvalue weighted by atomic mass is 9.69. The molecule has 1 aliphatic carbocycles. The number of aromatic nitrogens is 3. The van der Waals surface area contributed by atoms with E-state index >= 15 is 0 Å². The van der Waals surface area contributed by atoms with Crippen molar-refractivity contribution < 1.29 is 14.6 Å². The Labute approximate surface area is 134 Å². The van der Waals surface area contributed by atoms with E-state index in [-0.39, 0.29) is 11.9 Å². The molecule has 1 fully saturated rings. The number of methoxy groups -OCH3 is 1. The number of aliphatic hydroxyl groups is 1. The van der Waals surface area contributed by atoms with E-state index in [1.54, 1.807) is 0 Å². The standard InChI is InChI=1S/C17H21N3O3/c1-10-4-13(7-14-6-11(2)19-20-14)18-15(5-10)17(22)8-12(9-17)16(21)23-3/h4-6,12,22H,7-9H2,1-3H3,(H,19,20). The summed E-state index contributed by atoms with van der Waals surface area (Å²) in [6.07, 6.45) is 1.32. The number of aryl methyl sites for hydroxylation is 2. The fraction of sp³-hybridized carbons (Fsp3) is 0.471. The third kappa shape index (κ3) is 3.12. The predicted molar refractivity (Wildman–Crippen MR) is 83.7 cm³/mol. The van der Waals surface area contributed by atoms with Crippen molar-refractivity contribution in [3.8, 4) is 0 Å². The minimum absolute atomic E-state index is 0.246. The van der Waals surface area contributed by atoms with E-state index in [0.29, 0.717) is 25.0 Å². The van der Waals surface area contributed by atoms with Crippen molar-refractivity contribution in [2.75, 3.05) is 7.11 Å². The maximum atomic E-state index is 11.5. The summed E-state index contributed by atoms with van der Waals surface area (Å²) in [6, 6.07) is 5.86. The predicted octanol–water partition coefficient (Wildman–Crippen LogP) is 1.78. The number of carbonyl (C=O) groups excluding carboxylic acids is 1. The van der Waals surface area contributed by atoms with Crippen LogP contribution in [0.4, 0.5) is 0 Å². The highest BCUT2D eigenvalue weighted by Gasteiger charge is 2.49. The number of hydrogen-bond acceptors (Lipinski definition) is 5. The quantitative estimate of drug-likeness (QED) is 0.840. The van der Waals surface area contributed by atoms with Crippen LogP contribution in [-0.4, -0.2) is 33.4 Å². The molecule has 0 bridgehead atoms. The smallest absolute Gasteiger partial charge is 0.308 e. The summed E-state index contributed by atoms with van der Waals surface area (Å²) < 4.78 is 4.73. The van der Waals surface area contributed by atoms with Crippen LogP contribution < -0.4 is 0 Å². The summed E-state index contributed by atoms with van der Waals surface area (Å²) in [4.78, 5) is 16.1. The van der Waals surface area contributed by atoms with Gasteiger partial charge in [0.2, 0.25) is 0 Å². The lowest BCUT2D eigenvalue weighted by molar-refractivity contribution is -0.163. The largest absolute Gasteiger partial charge is 0.469 e. The number of carbonyl (C=O) groups is 1. The first-order valence-electron chi connectivity index (χ1n) is 7.69. The molecule has 0 radical (unpaired) electrons. The number of hydrogen-bond donors (Lipinski definition) is 2. The maximum Gasteiger partial charge on any atom is 0.308 e. The van der Waals surface area contributed by atoms with Crippen LogP contribution in [0.25, 0.3) is 0 Å². The molecule has 0 saturated heterocycles. The fourth-order valence-corrected chi connectivity index (χ4v) is 3.12. The summed E-state index contributed by atoms with van der Waals surface area (Å²) in [5.74, 6) is -0.515. The molecule has 0 spiro atoms. The summed E-state index contributed by atoms with van der Waals surface area (Å²) >= 11 is 0. The second-order valence-electron chi connectivity index (χ2n) is 6.40. The maximum absolute atomic E-state index is 11.5. The highest BCUT2D eigenvalue weighted by molar-refractivity contribution is 5.74. The Bertz CT molecular complexity index is 732. The molecule has 2 heterocycles. The Balaban J connectivity index is 1.80.